The zero-order valence-corrected chi connectivity index (χ0v) is 16.9. The van der Waals surface area contributed by atoms with Gasteiger partial charge in [-0.1, -0.05) is 0 Å². The molecule has 1 amide bonds. The zero-order chi connectivity index (χ0) is 21.2. The topological polar surface area (TPSA) is 87.3 Å². The molecular formula is C18H26F3N3O3S. The number of hydrazine groups is 1. The first-order valence-electron chi connectivity index (χ1n) is 9.04. The van der Waals surface area contributed by atoms with Gasteiger partial charge in [-0.25, -0.2) is 13.1 Å². The number of alkyl halides is 3. The number of nitrogens with one attached hydrogen (secondary N) is 3. The van der Waals surface area contributed by atoms with Crippen LogP contribution in [0.5, 0.6) is 0 Å². The van der Waals surface area contributed by atoms with Crippen LogP contribution in [0.3, 0.4) is 0 Å². The summed E-state index contributed by atoms with van der Waals surface area (Å²) in [4.78, 5) is 12.3. The number of halogens is 3. The molecule has 0 saturated heterocycles. The van der Waals surface area contributed by atoms with E-state index in [9.17, 15) is 26.4 Å². The third-order valence-corrected chi connectivity index (χ3v) is 7.02. The van der Waals surface area contributed by atoms with Gasteiger partial charge in [-0.3, -0.25) is 15.6 Å². The molecule has 1 aromatic carbocycles. The first-order chi connectivity index (χ1) is 12.8. The molecule has 3 N–H and O–H groups in total. The molecule has 1 aliphatic carbocycles. The van der Waals surface area contributed by atoms with E-state index in [-0.39, 0.29) is 17.9 Å². The van der Waals surface area contributed by atoms with Gasteiger partial charge in [0.2, 0.25) is 15.9 Å². The molecule has 1 fully saturated rings. The van der Waals surface area contributed by atoms with E-state index in [4.69, 9.17) is 0 Å². The van der Waals surface area contributed by atoms with E-state index in [1.165, 1.54) is 12.1 Å². The summed E-state index contributed by atoms with van der Waals surface area (Å²) in [6.07, 6.45) is -2.26. The van der Waals surface area contributed by atoms with E-state index in [0.717, 1.165) is 12.1 Å². The summed E-state index contributed by atoms with van der Waals surface area (Å²) in [5, 5.41) is 0. The van der Waals surface area contributed by atoms with Crippen molar-refractivity contribution in [3.63, 3.8) is 0 Å². The maximum absolute atomic E-state index is 12.5. The lowest BCUT2D eigenvalue weighted by molar-refractivity contribution is -0.137. The molecule has 10 heteroatoms. The Morgan fingerprint density at radius 1 is 1.00 bits per heavy atom. The van der Waals surface area contributed by atoms with Crippen molar-refractivity contribution in [2.75, 3.05) is 5.43 Å². The Bertz CT molecular complexity index is 779. The quantitative estimate of drug-likeness (QED) is 0.636. The third-order valence-electron chi connectivity index (χ3n) is 4.77. The Labute approximate surface area is 163 Å². The monoisotopic (exact) mass is 421 g/mol. The van der Waals surface area contributed by atoms with Crippen LogP contribution in [0.15, 0.2) is 24.3 Å². The summed E-state index contributed by atoms with van der Waals surface area (Å²) in [6.45, 7) is 4.88. The molecule has 1 aromatic rings. The van der Waals surface area contributed by atoms with Crippen molar-refractivity contribution < 1.29 is 26.4 Å². The fraction of sp³-hybridized carbons (Fsp3) is 0.611. The molecule has 0 aliphatic heterocycles. The van der Waals surface area contributed by atoms with Gasteiger partial charge in [0.1, 0.15) is 0 Å². The fourth-order valence-corrected chi connectivity index (χ4v) is 3.88. The van der Waals surface area contributed by atoms with Gasteiger partial charge in [-0.15, -0.1) is 0 Å². The average molecular weight is 421 g/mol. The lowest BCUT2D eigenvalue weighted by Crippen LogP contribution is -2.47. The molecule has 0 heterocycles. The highest BCUT2D eigenvalue weighted by Crippen LogP contribution is 2.30. The predicted molar refractivity (Wildman–Crippen MR) is 101 cm³/mol. The first kappa shape index (κ1) is 22.5. The highest BCUT2D eigenvalue weighted by atomic mass is 32.2. The van der Waals surface area contributed by atoms with Crippen LogP contribution < -0.4 is 15.6 Å². The van der Waals surface area contributed by atoms with Gasteiger partial charge in [-0.05, 0) is 70.7 Å². The molecule has 28 heavy (non-hydrogen) atoms. The normalized spacial score (nSPS) is 21.2. The van der Waals surface area contributed by atoms with E-state index in [2.05, 4.69) is 15.6 Å². The summed E-state index contributed by atoms with van der Waals surface area (Å²) < 4.78 is 63.9. The zero-order valence-electron chi connectivity index (χ0n) is 16.1. The Morgan fingerprint density at radius 2 is 1.54 bits per heavy atom. The fourth-order valence-electron chi connectivity index (χ4n) is 2.85. The van der Waals surface area contributed by atoms with E-state index in [0.29, 0.717) is 31.4 Å². The molecule has 2 rings (SSSR count). The van der Waals surface area contributed by atoms with Crippen molar-refractivity contribution in [2.24, 2.45) is 5.92 Å². The van der Waals surface area contributed by atoms with Crippen LogP contribution in [0, 0.1) is 5.92 Å². The van der Waals surface area contributed by atoms with Crippen molar-refractivity contribution in [1.82, 2.24) is 10.1 Å². The molecule has 0 atom stereocenters. The number of anilines is 1. The number of carbonyl (C=O) groups excluding carboxylic acids is 1. The minimum Gasteiger partial charge on any atom is -0.299 e. The van der Waals surface area contributed by atoms with E-state index >= 15 is 0 Å². The number of hydrogen-bond acceptors (Lipinski definition) is 4. The van der Waals surface area contributed by atoms with Crippen molar-refractivity contribution >= 4 is 21.6 Å². The van der Waals surface area contributed by atoms with Crippen LogP contribution in [0.4, 0.5) is 18.9 Å². The molecule has 6 nitrogen and oxygen atoms in total. The Kier molecular flexibility index (Phi) is 6.65. The predicted octanol–water partition coefficient (Wildman–Crippen LogP) is 3.43. The lowest BCUT2D eigenvalue weighted by Gasteiger charge is -2.30. The molecular weight excluding hydrogens is 395 g/mol. The maximum atomic E-state index is 12.5. The number of sulfonamides is 1. The SMILES string of the molecule is CC(C)(C)S(=O)(=O)N[C@H]1CC[C@H](C(=O)NNc2ccc(C(F)(F)F)cc2)CC1. The molecule has 158 valence electrons. The van der Waals surface area contributed by atoms with Crippen LogP contribution >= 0.6 is 0 Å². The average Bonchev–Trinajstić information content (AvgIpc) is 2.58. The maximum Gasteiger partial charge on any atom is 0.416 e. The molecule has 1 saturated carbocycles. The summed E-state index contributed by atoms with van der Waals surface area (Å²) >= 11 is 0. The third kappa shape index (κ3) is 5.84. The highest BCUT2D eigenvalue weighted by Gasteiger charge is 2.34. The highest BCUT2D eigenvalue weighted by molar-refractivity contribution is 7.90. The van der Waals surface area contributed by atoms with Crippen LogP contribution in [0.1, 0.15) is 52.0 Å². The van der Waals surface area contributed by atoms with Crippen LogP contribution in [-0.2, 0) is 21.0 Å². The second-order valence-corrected chi connectivity index (χ2v) is 10.4. The van der Waals surface area contributed by atoms with E-state index < -0.39 is 26.5 Å². The van der Waals surface area contributed by atoms with E-state index in [1.54, 1.807) is 20.8 Å². The van der Waals surface area contributed by atoms with Gasteiger partial charge in [-0.2, -0.15) is 13.2 Å². The van der Waals surface area contributed by atoms with Crippen LogP contribution in [-0.4, -0.2) is 25.1 Å². The van der Waals surface area contributed by atoms with Crippen LogP contribution in [0.25, 0.3) is 0 Å². The Balaban J connectivity index is 1.81. The van der Waals surface area contributed by atoms with Gasteiger partial charge in [0.25, 0.3) is 0 Å². The molecule has 0 aromatic heterocycles. The van der Waals surface area contributed by atoms with Crippen LogP contribution in [0.2, 0.25) is 0 Å². The summed E-state index contributed by atoms with van der Waals surface area (Å²) in [5.74, 6) is -0.547. The number of rotatable bonds is 5. The first-order valence-corrected chi connectivity index (χ1v) is 10.5. The van der Waals surface area contributed by atoms with Gasteiger partial charge < -0.3 is 0 Å². The van der Waals surface area contributed by atoms with Gasteiger partial charge in [0, 0.05) is 12.0 Å². The molecule has 0 spiro atoms. The lowest BCUT2D eigenvalue weighted by atomic mass is 9.86. The standard InChI is InChI=1S/C18H26F3N3O3S/c1-17(2,3)28(26,27)24-15-8-4-12(5-9-15)16(25)23-22-14-10-6-13(7-11-14)18(19,20)21/h6-7,10-12,15,22,24H,4-5,8-9H2,1-3H3,(H,23,25)/t12-,15-. The van der Waals surface area contributed by atoms with Crippen molar-refractivity contribution in [2.45, 2.75) is 63.4 Å². The largest absolute Gasteiger partial charge is 0.416 e. The van der Waals surface area contributed by atoms with Crippen molar-refractivity contribution in [3.05, 3.63) is 29.8 Å². The van der Waals surface area contributed by atoms with Gasteiger partial charge >= 0.3 is 6.18 Å². The summed E-state index contributed by atoms with van der Waals surface area (Å²) in [5.41, 5.74) is 4.69. The number of hydrogen-bond donors (Lipinski definition) is 3. The molecule has 0 radical (unpaired) electrons. The Hall–Kier alpha value is -1.81. The minimum atomic E-state index is -4.41. The number of benzene rings is 1. The molecule has 0 unspecified atom stereocenters. The minimum absolute atomic E-state index is 0.198. The van der Waals surface area contributed by atoms with Gasteiger partial charge in [0.05, 0.1) is 16.0 Å². The Morgan fingerprint density at radius 3 is 2.00 bits per heavy atom. The van der Waals surface area contributed by atoms with Crippen molar-refractivity contribution in [3.8, 4) is 0 Å². The van der Waals surface area contributed by atoms with Crippen molar-refractivity contribution in [1.29, 1.82) is 0 Å². The second kappa shape index (κ2) is 8.28. The second-order valence-electron chi connectivity index (χ2n) is 7.97. The number of amides is 1. The van der Waals surface area contributed by atoms with Gasteiger partial charge in [0.15, 0.2) is 0 Å². The van der Waals surface area contributed by atoms with E-state index in [1.807, 2.05) is 0 Å². The molecule has 1 aliphatic rings. The summed E-state index contributed by atoms with van der Waals surface area (Å²) in [6, 6.07) is 4.14. The summed E-state index contributed by atoms with van der Waals surface area (Å²) in [7, 11) is -3.44. The molecule has 0 bridgehead atoms. The number of carbonyl (C=O) groups is 1. The smallest absolute Gasteiger partial charge is 0.299 e.